The maximum Gasteiger partial charge on any atom is 0.253 e. The van der Waals surface area contributed by atoms with E-state index in [1.54, 1.807) is 43.3 Å². The number of halogens is 1. The standard InChI is InChI=1S/C20H23ClN2O2/c1-22(2)20(24)15-8-10-17(11-9-15)25-18-7-5-6-16(19(18)21)14-23-12-3-4-13-23/h5-11H,3-4,12-14H2,1-2H3. The van der Waals surface area contributed by atoms with Gasteiger partial charge in [-0.15, -0.1) is 0 Å². The minimum atomic E-state index is -0.0304. The van der Waals surface area contributed by atoms with Crippen LogP contribution >= 0.6 is 11.6 Å². The van der Waals surface area contributed by atoms with Crippen LogP contribution in [-0.2, 0) is 6.54 Å². The maximum absolute atomic E-state index is 11.9. The average molecular weight is 359 g/mol. The van der Waals surface area contributed by atoms with E-state index < -0.39 is 0 Å². The van der Waals surface area contributed by atoms with Gasteiger partial charge in [0.1, 0.15) is 11.5 Å². The van der Waals surface area contributed by atoms with Crippen LogP contribution in [-0.4, -0.2) is 42.9 Å². The maximum atomic E-state index is 11.9. The highest BCUT2D eigenvalue weighted by molar-refractivity contribution is 6.32. The summed E-state index contributed by atoms with van der Waals surface area (Å²) in [5, 5.41) is 0.655. The Bertz CT molecular complexity index is 738. The Morgan fingerprint density at radius 3 is 2.44 bits per heavy atom. The lowest BCUT2D eigenvalue weighted by molar-refractivity contribution is 0.0827. The molecular weight excluding hydrogens is 336 g/mol. The predicted octanol–water partition coefficient (Wildman–Crippen LogP) is 4.43. The minimum Gasteiger partial charge on any atom is -0.456 e. The molecule has 25 heavy (non-hydrogen) atoms. The van der Waals surface area contributed by atoms with Gasteiger partial charge in [-0.05, 0) is 61.8 Å². The largest absolute Gasteiger partial charge is 0.456 e. The van der Waals surface area contributed by atoms with Gasteiger partial charge in [0, 0.05) is 26.2 Å². The minimum absolute atomic E-state index is 0.0304. The molecule has 132 valence electrons. The summed E-state index contributed by atoms with van der Waals surface area (Å²) in [5.74, 6) is 1.28. The molecule has 1 fully saturated rings. The van der Waals surface area contributed by atoms with Crippen molar-refractivity contribution in [1.82, 2.24) is 9.80 Å². The van der Waals surface area contributed by atoms with Gasteiger partial charge in [0.05, 0.1) is 5.02 Å². The van der Waals surface area contributed by atoms with Crippen molar-refractivity contribution in [3.63, 3.8) is 0 Å². The normalized spacial score (nSPS) is 14.5. The molecule has 4 nitrogen and oxygen atoms in total. The number of nitrogens with zero attached hydrogens (tertiary/aromatic N) is 2. The molecule has 0 spiro atoms. The van der Waals surface area contributed by atoms with Gasteiger partial charge in [-0.3, -0.25) is 9.69 Å². The lowest BCUT2D eigenvalue weighted by Crippen LogP contribution is -2.21. The molecule has 0 atom stereocenters. The van der Waals surface area contributed by atoms with E-state index >= 15 is 0 Å². The van der Waals surface area contributed by atoms with Gasteiger partial charge in [0.2, 0.25) is 0 Å². The predicted molar refractivity (Wildman–Crippen MR) is 100 cm³/mol. The Labute approximate surface area is 154 Å². The van der Waals surface area contributed by atoms with Crippen molar-refractivity contribution in [2.24, 2.45) is 0 Å². The Kier molecular flexibility index (Phi) is 5.61. The molecule has 0 radical (unpaired) electrons. The van der Waals surface area contributed by atoms with Crippen molar-refractivity contribution >= 4 is 17.5 Å². The van der Waals surface area contributed by atoms with Gasteiger partial charge in [0.25, 0.3) is 5.91 Å². The van der Waals surface area contributed by atoms with Crippen molar-refractivity contribution in [3.8, 4) is 11.5 Å². The Morgan fingerprint density at radius 1 is 1.12 bits per heavy atom. The van der Waals surface area contributed by atoms with Crippen molar-refractivity contribution in [2.45, 2.75) is 19.4 Å². The summed E-state index contributed by atoms with van der Waals surface area (Å²) in [4.78, 5) is 15.9. The summed E-state index contributed by atoms with van der Waals surface area (Å²) in [6.07, 6.45) is 2.51. The smallest absolute Gasteiger partial charge is 0.253 e. The van der Waals surface area contributed by atoms with E-state index in [0.29, 0.717) is 22.1 Å². The number of ether oxygens (including phenoxy) is 1. The van der Waals surface area contributed by atoms with Crippen LogP contribution in [0.1, 0.15) is 28.8 Å². The van der Waals surface area contributed by atoms with Crippen LogP contribution in [0.25, 0.3) is 0 Å². The second-order valence-electron chi connectivity index (χ2n) is 6.54. The molecule has 1 heterocycles. The highest BCUT2D eigenvalue weighted by Crippen LogP contribution is 2.33. The number of likely N-dealkylation sites (tertiary alicyclic amines) is 1. The zero-order valence-electron chi connectivity index (χ0n) is 14.7. The Balaban J connectivity index is 1.73. The Morgan fingerprint density at radius 2 is 1.80 bits per heavy atom. The van der Waals surface area contributed by atoms with Gasteiger partial charge in [0.15, 0.2) is 0 Å². The van der Waals surface area contributed by atoms with Gasteiger partial charge in [-0.1, -0.05) is 23.7 Å². The number of hydrogen-bond donors (Lipinski definition) is 0. The quantitative estimate of drug-likeness (QED) is 0.792. The first-order valence-corrected chi connectivity index (χ1v) is 8.91. The zero-order chi connectivity index (χ0) is 17.8. The van der Waals surface area contributed by atoms with Crippen molar-refractivity contribution in [2.75, 3.05) is 27.2 Å². The topological polar surface area (TPSA) is 32.8 Å². The van der Waals surface area contributed by atoms with Crippen LogP contribution < -0.4 is 4.74 Å². The van der Waals surface area contributed by atoms with Crippen LogP contribution in [0.5, 0.6) is 11.5 Å². The third kappa shape index (κ3) is 4.33. The molecule has 2 aromatic carbocycles. The average Bonchev–Trinajstić information content (AvgIpc) is 3.11. The third-order valence-electron chi connectivity index (χ3n) is 4.37. The molecule has 1 amide bonds. The van der Waals surface area contributed by atoms with Gasteiger partial charge < -0.3 is 9.64 Å². The fraction of sp³-hybridized carbons (Fsp3) is 0.350. The number of rotatable bonds is 5. The number of carbonyl (C=O) groups is 1. The molecule has 0 aliphatic carbocycles. The second kappa shape index (κ2) is 7.89. The SMILES string of the molecule is CN(C)C(=O)c1ccc(Oc2cccc(CN3CCCC3)c2Cl)cc1. The number of carbonyl (C=O) groups excluding carboxylic acids is 1. The summed E-state index contributed by atoms with van der Waals surface area (Å²) >= 11 is 6.55. The molecule has 0 aromatic heterocycles. The van der Waals surface area contributed by atoms with E-state index in [9.17, 15) is 4.79 Å². The first kappa shape index (κ1) is 17.8. The van der Waals surface area contributed by atoms with Crippen LogP contribution in [0.3, 0.4) is 0 Å². The van der Waals surface area contributed by atoms with E-state index in [0.717, 1.165) is 25.2 Å². The lowest BCUT2D eigenvalue weighted by Gasteiger charge is -2.17. The van der Waals surface area contributed by atoms with Crippen molar-refractivity contribution in [3.05, 3.63) is 58.6 Å². The fourth-order valence-electron chi connectivity index (χ4n) is 2.99. The first-order chi connectivity index (χ1) is 12.0. The van der Waals surface area contributed by atoms with Crippen molar-refractivity contribution < 1.29 is 9.53 Å². The van der Waals surface area contributed by atoms with E-state index in [4.69, 9.17) is 16.3 Å². The third-order valence-corrected chi connectivity index (χ3v) is 4.80. The molecule has 1 aliphatic rings. The van der Waals surface area contributed by atoms with Gasteiger partial charge in [-0.2, -0.15) is 0 Å². The van der Waals surface area contributed by atoms with E-state index in [2.05, 4.69) is 4.90 Å². The molecule has 2 aromatic rings. The van der Waals surface area contributed by atoms with Gasteiger partial charge >= 0.3 is 0 Å². The van der Waals surface area contributed by atoms with Crippen molar-refractivity contribution in [1.29, 1.82) is 0 Å². The molecule has 3 rings (SSSR count). The van der Waals surface area contributed by atoms with Crippen LogP contribution in [0.2, 0.25) is 5.02 Å². The highest BCUT2D eigenvalue weighted by Gasteiger charge is 2.15. The molecule has 5 heteroatoms. The van der Waals surface area contributed by atoms with E-state index in [1.807, 2.05) is 18.2 Å². The van der Waals surface area contributed by atoms with Crippen LogP contribution in [0, 0.1) is 0 Å². The Hall–Kier alpha value is -2.04. The summed E-state index contributed by atoms with van der Waals surface area (Å²) in [5.41, 5.74) is 1.71. The molecular formula is C20H23ClN2O2. The van der Waals surface area contributed by atoms with Crippen LogP contribution in [0.15, 0.2) is 42.5 Å². The zero-order valence-corrected chi connectivity index (χ0v) is 15.4. The number of hydrogen-bond acceptors (Lipinski definition) is 3. The van der Waals surface area contributed by atoms with Crippen LogP contribution in [0.4, 0.5) is 0 Å². The summed E-state index contributed by atoms with van der Waals surface area (Å²) in [6, 6.07) is 13.0. The molecule has 0 N–H and O–H groups in total. The molecule has 0 bridgehead atoms. The summed E-state index contributed by atoms with van der Waals surface area (Å²) < 4.78 is 5.93. The monoisotopic (exact) mass is 358 g/mol. The van der Waals surface area contributed by atoms with Gasteiger partial charge in [-0.25, -0.2) is 0 Å². The fourth-order valence-corrected chi connectivity index (χ4v) is 3.21. The first-order valence-electron chi connectivity index (χ1n) is 8.54. The molecule has 1 saturated heterocycles. The summed E-state index contributed by atoms with van der Waals surface area (Å²) in [7, 11) is 3.47. The number of amides is 1. The molecule has 0 unspecified atom stereocenters. The summed E-state index contributed by atoms with van der Waals surface area (Å²) in [6.45, 7) is 3.11. The van der Waals surface area contributed by atoms with E-state index in [-0.39, 0.29) is 5.91 Å². The van der Waals surface area contributed by atoms with E-state index in [1.165, 1.54) is 12.8 Å². The number of benzene rings is 2. The second-order valence-corrected chi connectivity index (χ2v) is 6.92. The highest BCUT2D eigenvalue weighted by atomic mass is 35.5. The molecule has 1 aliphatic heterocycles. The molecule has 0 saturated carbocycles. The lowest BCUT2D eigenvalue weighted by atomic mass is 10.2.